The molecule has 1 atom stereocenters. The van der Waals surface area contributed by atoms with Crippen molar-refractivity contribution in [2.45, 2.75) is 25.9 Å². The maximum Gasteiger partial charge on any atom is 0.0814 e. The van der Waals surface area contributed by atoms with Gasteiger partial charge in [-0.3, -0.25) is 4.68 Å². The number of rotatable bonds is 4. The van der Waals surface area contributed by atoms with E-state index in [9.17, 15) is 0 Å². The molecule has 0 aromatic carbocycles. The number of aromatic nitrogens is 2. The smallest absolute Gasteiger partial charge is 0.0814 e. The highest BCUT2D eigenvalue weighted by Crippen LogP contribution is 2.13. The third kappa shape index (κ3) is 2.69. The molecule has 0 aliphatic carbocycles. The number of aliphatic hydroxyl groups excluding tert-OH is 1. The summed E-state index contributed by atoms with van der Waals surface area (Å²) >= 11 is 5.81. The summed E-state index contributed by atoms with van der Waals surface area (Å²) in [5, 5.41) is 13.4. The van der Waals surface area contributed by atoms with Gasteiger partial charge in [0, 0.05) is 12.6 Å². The first kappa shape index (κ1) is 10.5. The van der Waals surface area contributed by atoms with E-state index >= 15 is 0 Å². The van der Waals surface area contributed by atoms with Crippen molar-refractivity contribution in [3.63, 3.8) is 0 Å². The lowest BCUT2D eigenvalue weighted by Crippen LogP contribution is -2.26. The van der Waals surface area contributed by atoms with Crippen LogP contribution in [0.5, 0.6) is 0 Å². The zero-order valence-corrected chi connectivity index (χ0v) is 8.33. The first-order valence-electron chi connectivity index (χ1n) is 4.19. The Bertz CT molecular complexity index is 274. The maximum absolute atomic E-state index is 8.71. The second kappa shape index (κ2) is 4.60. The fourth-order valence-electron chi connectivity index (χ4n) is 1.03. The third-order valence-corrected chi connectivity index (χ3v) is 2.36. The van der Waals surface area contributed by atoms with Crippen LogP contribution < -0.4 is 5.73 Å². The number of nitrogens with zero attached hydrogens (tertiary/aromatic N) is 2. The molecule has 0 spiro atoms. The summed E-state index contributed by atoms with van der Waals surface area (Å²) in [6, 6.07) is -0.178. The monoisotopic (exact) mass is 203 g/mol. The Kier molecular flexibility index (Phi) is 3.71. The lowest BCUT2D eigenvalue weighted by molar-refractivity contribution is 0.254. The van der Waals surface area contributed by atoms with Gasteiger partial charge in [0.05, 0.1) is 23.5 Å². The molecule has 0 radical (unpaired) electrons. The largest absolute Gasteiger partial charge is 0.395 e. The van der Waals surface area contributed by atoms with Crippen molar-refractivity contribution in [3.8, 4) is 0 Å². The summed E-state index contributed by atoms with van der Waals surface area (Å²) < 4.78 is 1.79. The molecule has 0 aliphatic heterocycles. The zero-order chi connectivity index (χ0) is 9.84. The lowest BCUT2D eigenvalue weighted by Gasteiger charge is -2.08. The SMILES string of the molecule is Cc1c(Cl)cnn1CCC(N)CO. The van der Waals surface area contributed by atoms with E-state index in [-0.39, 0.29) is 12.6 Å². The molecule has 1 heterocycles. The fraction of sp³-hybridized carbons (Fsp3) is 0.625. The molecule has 3 N–H and O–H groups in total. The second-order valence-corrected chi connectivity index (χ2v) is 3.44. The van der Waals surface area contributed by atoms with Gasteiger partial charge in [0.25, 0.3) is 0 Å². The maximum atomic E-state index is 8.71. The van der Waals surface area contributed by atoms with Gasteiger partial charge in [-0.2, -0.15) is 5.10 Å². The van der Waals surface area contributed by atoms with E-state index in [4.69, 9.17) is 22.4 Å². The van der Waals surface area contributed by atoms with Crippen LogP contribution >= 0.6 is 11.6 Å². The summed E-state index contributed by atoms with van der Waals surface area (Å²) in [5.41, 5.74) is 6.49. The van der Waals surface area contributed by atoms with Gasteiger partial charge >= 0.3 is 0 Å². The molecular formula is C8H14ClN3O. The first-order valence-corrected chi connectivity index (χ1v) is 4.57. The van der Waals surface area contributed by atoms with E-state index in [1.54, 1.807) is 10.9 Å². The molecular weight excluding hydrogens is 190 g/mol. The average Bonchev–Trinajstić information content (AvgIpc) is 2.44. The van der Waals surface area contributed by atoms with Crippen LogP contribution in [-0.2, 0) is 6.54 Å². The average molecular weight is 204 g/mol. The highest BCUT2D eigenvalue weighted by atomic mass is 35.5. The fourth-order valence-corrected chi connectivity index (χ4v) is 1.17. The van der Waals surface area contributed by atoms with E-state index in [0.717, 1.165) is 5.69 Å². The molecule has 4 nitrogen and oxygen atoms in total. The van der Waals surface area contributed by atoms with Crippen LogP contribution in [0.4, 0.5) is 0 Å². The van der Waals surface area contributed by atoms with Crippen LogP contribution in [0.15, 0.2) is 6.20 Å². The predicted octanol–water partition coefficient (Wildman–Crippen LogP) is 0.555. The van der Waals surface area contributed by atoms with Gasteiger partial charge in [0.15, 0.2) is 0 Å². The van der Waals surface area contributed by atoms with Gasteiger partial charge in [-0.05, 0) is 13.3 Å². The minimum atomic E-state index is -0.178. The highest BCUT2D eigenvalue weighted by Gasteiger charge is 2.05. The van der Waals surface area contributed by atoms with Gasteiger partial charge in [0.1, 0.15) is 0 Å². The number of hydrogen-bond donors (Lipinski definition) is 2. The molecule has 1 unspecified atom stereocenters. The van der Waals surface area contributed by atoms with Crippen molar-refractivity contribution in [1.82, 2.24) is 9.78 Å². The van der Waals surface area contributed by atoms with Crippen LogP contribution in [0, 0.1) is 6.92 Å². The Balaban J connectivity index is 2.50. The Morgan fingerprint density at radius 3 is 2.92 bits per heavy atom. The van der Waals surface area contributed by atoms with Gasteiger partial charge in [0.2, 0.25) is 0 Å². The molecule has 74 valence electrons. The van der Waals surface area contributed by atoms with Crippen molar-refractivity contribution in [3.05, 3.63) is 16.9 Å². The number of hydrogen-bond acceptors (Lipinski definition) is 3. The Hall–Kier alpha value is -0.580. The molecule has 1 aromatic rings. The summed E-state index contributed by atoms with van der Waals surface area (Å²) in [7, 11) is 0. The van der Waals surface area contributed by atoms with Gasteiger partial charge in [-0.25, -0.2) is 0 Å². The summed E-state index contributed by atoms with van der Waals surface area (Å²) in [6.07, 6.45) is 2.32. The summed E-state index contributed by atoms with van der Waals surface area (Å²) in [5.74, 6) is 0. The predicted molar refractivity (Wildman–Crippen MR) is 51.7 cm³/mol. The van der Waals surface area contributed by atoms with Gasteiger partial charge in [-0.15, -0.1) is 0 Å². The molecule has 1 aromatic heterocycles. The molecule has 0 aliphatic rings. The number of aliphatic hydroxyl groups is 1. The Morgan fingerprint density at radius 2 is 2.46 bits per heavy atom. The normalized spacial score (nSPS) is 13.2. The topological polar surface area (TPSA) is 64.1 Å². The first-order chi connectivity index (χ1) is 6.15. The molecule has 0 bridgehead atoms. The lowest BCUT2D eigenvalue weighted by atomic mass is 10.2. The Labute approximate surface area is 82.3 Å². The van der Waals surface area contributed by atoms with Crippen LogP contribution in [-0.4, -0.2) is 27.5 Å². The van der Waals surface area contributed by atoms with Crippen LogP contribution in [0.3, 0.4) is 0 Å². The van der Waals surface area contributed by atoms with Crippen molar-refractivity contribution in [2.75, 3.05) is 6.61 Å². The van der Waals surface area contributed by atoms with Gasteiger partial charge in [-0.1, -0.05) is 11.6 Å². The van der Waals surface area contributed by atoms with Crippen molar-refractivity contribution < 1.29 is 5.11 Å². The van der Waals surface area contributed by atoms with Gasteiger partial charge < -0.3 is 10.8 Å². The number of nitrogens with two attached hydrogens (primary N) is 1. The van der Waals surface area contributed by atoms with E-state index in [1.807, 2.05) is 6.92 Å². The minimum Gasteiger partial charge on any atom is -0.395 e. The number of halogens is 1. The van der Waals surface area contributed by atoms with E-state index in [0.29, 0.717) is 18.0 Å². The van der Waals surface area contributed by atoms with Crippen LogP contribution in [0.25, 0.3) is 0 Å². The molecule has 1 rings (SSSR count). The molecule has 0 saturated carbocycles. The quantitative estimate of drug-likeness (QED) is 0.752. The zero-order valence-electron chi connectivity index (χ0n) is 7.57. The van der Waals surface area contributed by atoms with Crippen molar-refractivity contribution in [1.29, 1.82) is 0 Å². The molecule has 0 fully saturated rings. The highest BCUT2D eigenvalue weighted by molar-refractivity contribution is 6.31. The summed E-state index contributed by atoms with van der Waals surface area (Å²) in [6.45, 7) is 2.61. The van der Waals surface area contributed by atoms with E-state index < -0.39 is 0 Å². The minimum absolute atomic E-state index is 0.00798. The van der Waals surface area contributed by atoms with Crippen molar-refractivity contribution >= 4 is 11.6 Å². The third-order valence-electron chi connectivity index (χ3n) is 1.99. The molecule has 13 heavy (non-hydrogen) atoms. The second-order valence-electron chi connectivity index (χ2n) is 3.03. The van der Waals surface area contributed by atoms with Crippen LogP contribution in [0.1, 0.15) is 12.1 Å². The van der Waals surface area contributed by atoms with E-state index in [2.05, 4.69) is 5.10 Å². The Morgan fingerprint density at radius 1 is 1.77 bits per heavy atom. The molecule has 5 heteroatoms. The summed E-state index contributed by atoms with van der Waals surface area (Å²) in [4.78, 5) is 0. The van der Waals surface area contributed by atoms with Crippen molar-refractivity contribution in [2.24, 2.45) is 5.73 Å². The molecule has 0 amide bonds. The van der Waals surface area contributed by atoms with Crippen LogP contribution in [0.2, 0.25) is 5.02 Å². The standard InChI is InChI=1S/C8H14ClN3O/c1-6-8(9)4-11-12(6)3-2-7(10)5-13/h4,7,13H,2-3,5,10H2,1H3. The van der Waals surface area contributed by atoms with E-state index in [1.165, 1.54) is 0 Å². The number of aryl methyl sites for hydroxylation is 1. The molecule has 0 saturated heterocycles.